The summed E-state index contributed by atoms with van der Waals surface area (Å²) in [6.45, 7) is 11.5. The zero-order valence-electron chi connectivity index (χ0n) is 15.8. The van der Waals surface area contributed by atoms with E-state index < -0.39 is 23.7 Å². The number of carbonyl (C=O) groups excluding carboxylic acids is 2. The Hall–Kier alpha value is -1.67. The Morgan fingerprint density at radius 3 is 2.52 bits per heavy atom. The molecule has 0 fully saturated rings. The zero-order chi connectivity index (χ0) is 19.2. The molecular weight excluding hydrogens is 342 g/mol. The van der Waals surface area contributed by atoms with E-state index in [2.05, 4.69) is 10.3 Å². The van der Waals surface area contributed by atoms with E-state index in [9.17, 15) is 9.59 Å². The number of aromatic nitrogens is 1. The highest BCUT2D eigenvalue weighted by Crippen LogP contribution is 2.23. The summed E-state index contributed by atoms with van der Waals surface area (Å²) in [7, 11) is 0. The summed E-state index contributed by atoms with van der Waals surface area (Å²) in [5.41, 5.74) is 5.93. The molecule has 142 valence electrons. The molecule has 0 saturated carbocycles. The fraction of sp³-hybridized carbons (Fsp3) is 0.706. The number of carbonyl (C=O) groups is 2. The summed E-state index contributed by atoms with van der Waals surface area (Å²) in [6.07, 6.45) is 0.0249. The van der Waals surface area contributed by atoms with Crippen LogP contribution in [-0.4, -0.2) is 35.3 Å². The second-order valence-electron chi connectivity index (χ2n) is 7.13. The summed E-state index contributed by atoms with van der Waals surface area (Å²) in [6, 6.07) is -0.560. The van der Waals surface area contributed by atoms with Crippen molar-refractivity contribution in [3.8, 4) is 0 Å². The molecule has 1 heterocycles. The molecule has 1 aromatic rings. The first-order chi connectivity index (χ1) is 11.5. The van der Waals surface area contributed by atoms with Crippen molar-refractivity contribution >= 4 is 23.4 Å². The van der Waals surface area contributed by atoms with Crippen molar-refractivity contribution in [2.45, 2.75) is 65.6 Å². The molecule has 1 amide bonds. The van der Waals surface area contributed by atoms with Crippen LogP contribution >= 0.6 is 11.3 Å². The van der Waals surface area contributed by atoms with Gasteiger partial charge in [-0.3, -0.25) is 0 Å². The Morgan fingerprint density at radius 1 is 1.36 bits per heavy atom. The number of nitrogens with zero attached hydrogens (tertiary/aromatic N) is 1. The maximum atomic E-state index is 12.0. The summed E-state index contributed by atoms with van der Waals surface area (Å²) < 4.78 is 10.2. The third kappa shape index (κ3) is 7.39. The van der Waals surface area contributed by atoms with Crippen molar-refractivity contribution in [1.82, 2.24) is 10.3 Å². The summed E-state index contributed by atoms with van der Waals surface area (Å²) >= 11 is 1.31. The molecule has 0 bridgehead atoms. The van der Waals surface area contributed by atoms with E-state index in [1.165, 1.54) is 11.3 Å². The lowest BCUT2D eigenvalue weighted by Gasteiger charge is -2.27. The van der Waals surface area contributed by atoms with Gasteiger partial charge in [-0.05, 0) is 40.0 Å². The van der Waals surface area contributed by atoms with Crippen LogP contribution in [0.25, 0.3) is 0 Å². The van der Waals surface area contributed by atoms with E-state index in [0.717, 1.165) is 0 Å². The van der Waals surface area contributed by atoms with Gasteiger partial charge in [-0.15, -0.1) is 11.3 Å². The molecule has 2 atom stereocenters. The molecule has 0 aliphatic carbocycles. The standard InChI is InChI=1S/C17H29N3O4S/c1-7-23-15(21)13-9-25-14(19-13)11(18)8-12(10(2)3)20-16(22)24-17(4,5)6/h9-12H,7-8,18H2,1-6H3,(H,20,22). The van der Waals surface area contributed by atoms with Gasteiger partial charge in [-0.1, -0.05) is 13.8 Å². The SMILES string of the molecule is CCOC(=O)c1csc(C(N)CC(NC(=O)OC(C)(C)C)C(C)C)n1. The smallest absolute Gasteiger partial charge is 0.407 e. The highest BCUT2D eigenvalue weighted by atomic mass is 32.1. The third-order valence-corrected chi connectivity index (χ3v) is 4.32. The molecule has 1 rings (SSSR count). The van der Waals surface area contributed by atoms with Gasteiger partial charge in [-0.25, -0.2) is 14.6 Å². The van der Waals surface area contributed by atoms with Crippen LogP contribution < -0.4 is 11.1 Å². The lowest BCUT2D eigenvalue weighted by molar-refractivity contribution is 0.0483. The van der Waals surface area contributed by atoms with Gasteiger partial charge in [0.25, 0.3) is 0 Å². The first-order valence-electron chi connectivity index (χ1n) is 8.41. The van der Waals surface area contributed by atoms with Gasteiger partial charge in [0.1, 0.15) is 10.6 Å². The van der Waals surface area contributed by atoms with Crippen LogP contribution in [0.3, 0.4) is 0 Å². The van der Waals surface area contributed by atoms with Gasteiger partial charge in [0, 0.05) is 11.4 Å². The molecule has 0 radical (unpaired) electrons. The minimum Gasteiger partial charge on any atom is -0.461 e. The number of ether oxygens (including phenoxy) is 2. The first-order valence-corrected chi connectivity index (χ1v) is 9.29. The maximum absolute atomic E-state index is 12.0. The second-order valence-corrected chi connectivity index (χ2v) is 8.02. The van der Waals surface area contributed by atoms with E-state index in [4.69, 9.17) is 15.2 Å². The van der Waals surface area contributed by atoms with Crippen LogP contribution in [0.15, 0.2) is 5.38 Å². The molecule has 7 nitrogen and oxygen atoms in total. The minimum atomic E-state index is -0.558. The lowest BCUT2D eigenvalue weighted by Crippen LogP contribution is -2.43. The van der Waals surface area contributed by atoms with E-state index in [-0.39, 0.29) is 17.7 Å². The van der Waals surface area contributed by atoms with Crippen molar-refractivity contribution in [1.29, 1.82) is 0 Å². The van der Waals surface area contributed by atoms with Gasteiger partial charge >= 0.3 is 12.1 Å². The summed E-state index contributed by atoms with van der Waals surface area (Å²) in [5.74, 6) is -0.285. The van der Waals surface area contributed by atoms with Crippen LogP contribution in [0.2, 0.25) is 0 Å². The van der Waals surface area contributed by atoms with Crippen molar-refractivity contribution < 1.29 is 19.1 Å². The fourth-order valence-corrected chi connectivity index (χ4v) is 2.89. The number of thiazole rings is 1. The fourth-order valence-electron chi connectivity index (χ4n) is 2.09. The first kappa shape index (κ1) is 21.4. The number of nitrogens with one attached hydrogen (secondary N) is 1. The highest BCUT2D eigenvalue weighted by Gasteiger charge is 2.25. The van der Waals surface area contributed by atoms with Crippen molar-refractivity contribution in [3.05, 3.63) is 16.1 Å². The number of hydrogen-bond donors (Lipinski definition) is 2. The average molecular weight is 372 g/mol. The lowest BCUT2D eigenvalue weighted by atomic mass is 9.97. The Morgan fingerprint density at radius 2 is 2.00 bits per heavy atom. The molecule has 0 aliphatic heterocycles. The van der Waals surface area contributed by atoms with Crippen LogP contribution in [0.5, 0.6) is 0 Å². The molecule has 3 N–H and O–H groups in total. The number of alkyl carbamates (subject to hydrolysis) is 1. The zero-order valence-corrected chi connectivity index (χ0v) is 16.6. The summed E-state index contributed by atoms with van der Waals surface area (Å²) in [4.78, 5) is 28.0. The van der Waals surface area contributed by atoms with Crippen LogP contribution in [0.1, 0.15) is 69.5 Å². The Labute approximate surface area is 153 Å². The topological polar surface area (TPSA) is 104 Å². The van der Waals surface area contributed by atoms with Crippen molar-refractivity contribution in [2.24, 2.45) is 11.7 Å². The van der Waals surface area contributed by atoms with E-state index in [1.807, 2.05) is 34.6 Å². The number of nitrogens with two attached hydrogens (primary N) is 1. The highest BCUT2D eigenvalue weighted by molar-refractivity contribution is 7.09. The predicted octanol–water partition coefficient (Wildman–Crippen LogP) is 3.26. The minimum absolute atomic E-state index is 0.167. The van der Waals surface area contributed by atoms with Gasteiger partial charge in [0.05, 0.1) is 12.6 Å². The van der Waals surface area contributed by atoms with Crippen molar-refractivity contribution in [2.75, 3.05) is 6.61 Å². The number of rotatable bonds is 7. The van der Waals surface area contributed by atoms with Crippen LogP contribution in [0, 0.1) is 5.92 Å². The largest absolute Gasteiger partial charge is 0.461 e. The van der Waals surface area contributed by atoms with Gasteiger partial charge in [-0.2, -0.15) is 0 Å². The second kappa shape index (κ2) is 9.15. The molecule has 0 aliphatic rings. The monoisotopic (exact) mass is 371 g/mol. The molecule has 0 saturated heterocycles. The predicted molar refractivity (Wildman–Crippen MR) is 97.6 cm³/mol. The maximum Gasteiger partial charge on any atom is 0.407 e. The number of amides is 1. The molecule has 25 heavy (non-hydrogen) atoms. The molecule has 2 unspecified atom stereocenters. The summed E-state index contributed by atoms with van der Waals surface area (Å²) in [5, 5.41) is 5.14. The van der Waals surface area contributed by atoms with Crippen LogP contribution in [-0.2, 0) is 9.47 Å². The van der Waals surface area contributed by atoms with E-state index >= 15 is 0 Å². The molecule has 1 aromatic heterocycles. The quantitative estimate of drug-likeness (QED) is 0.713. The number of hydrogen-bond acceptors (Lipinski definition) is 7. The Bertz CT molecular complexity index is 581. The normalized spacial score (nSPS) is 14.1. The Balaban J connectivity index is 2.72. The van der Waals surface area contributed by atoms with Gasteiger partial charge < -0.3 is 20.5 Å². The molecule has 0 aromatic carbocycles. The van der Waals surface area contributed by atoms with Crippen LogP contribution in [0.4, 0.5) is 4.79 Å². The van der Waals surface area contributed by atoms with E-state index in [1.54, 1.807) is 12.3 Å². The molecule has 8 heteroatoms. The van der Waals surface area contributed by atoms with Crippen molar-refractivity contribution in [3.63, 3.8) is 0 Å². The van der Waals surface area contributed by atoms with Gasteiger partial charge in [0.15, 0.2) is 5.69 Å². The molecular formula is C17H29N3O4S. The average Bonchev–Trinajstić information content (AvgIpc) is 2.94. The van der Waals surface area contributed by atoms with Gasteiger partial charge in [0.2, 0.25) is 0 Å². The Kier molecular flexibility index (Phi) is 7.82. The van der Waals surface area contributed by atoms with E-state index in [0.29, 0.717) is 18.0 Å². The third-order valence-electron chi connectivity index (χ3n) is 3.34. The molecule has 0 spiro atoms. The number of esters is 1.